The van der Waals surface area contributed by atoms with Gasteiger partial charge in [-0.15, -0.1) is 0 Å². The zero-order valence-corrected chi connectivity index (χ0v) is 11.8. The molecule has 0 aromatic heterocycles. The summed E-state index contributed by atoms with van der Waals surface area (Å²) in [5, 5.41) is 22.2. The number of carboxylic acid groups (broad SMARTS) is 2. The molecule has 8 heteroatoms. The van der Waals surface area contributed by atoms with Crippen molar-refractivity contribution in [1.82, 2.24) is 10.6 Å². The fourth-order valence-corrected chi connectivity index (χ4v) is 1.68. The van der Waals surface area contributed by atoms with Crippen molar-refractivity contribution in [2.75, 3.05) is 7.05 Å². The number of benzene rings is 1. The molecule has 0 saturated heterocycles. The minimum atomic E-state index is -1.31. The van der Waals surface area contributed by atoms with Crippen LogP contribution in [0.3, 0.4) is 0 Å². The predicted octanol–water partition coefficient (Wildman–Crippen LogP) is 0.0940. The molecule has 0 unspecified atom stereocenters. The van der Waals surface area contributed by atoms with E-state index in [1.54, 1.807) is 0 Å². The summed E-state index contributed by atoms with van der Waals surface area (Å²) < 4.78 is 0. The van der Waals surface area contributed by atoms with E-state index < -0.39 is 23.9 Å². The summed E-state index contributed by atoms with van der Waals surface area (Å²) in [6.45, 7) is 0. The Morgan fingerprint density at radius 3 is 1.91 bits per heavy atom. The smallest absolute Gasteiger partial charge is 0.326 e. The van der Waals surface area contributed by atoms with Crippen molar-refractivity contribution in [2.45, 2.75) is 18.9 Å². The standard InChI is InChI=1S/C14H16N2O6/c1-15-12(19)8-2-4-9(5-3-8)13(20)16-10(14(21)22)6-7-11(17)18/h2-5,10H,6-7H2,1H3,(H,15,19)(H,16,20)(H,17,18)(H,21,22)/t10-/m0/s1. The number of rotatable bonds is 7. The van der Waals surface area contributed by atoms with Crippen molar-refractivity contribution in [1.29, 1.82) is 0 Å². The van der Waals surface area contributed by atoms with Gasteiger partial charge < -0.3 is 20.8 Å². The van der Waals surface area contributed by atoms with Crippen LogP contribution < -0.4 is 10.6 Å². The highest BCUT2D eigenvalue weighted by molar-refractivity contribution is 5.99. The lowest BCUT2D eigenvalue weighted by Gasteiger charge is -2.13. The largest absolute Gasteiger partial charge is 0.481 e. The molecule has 0 saturated carbocycles. The Morgan fingerprint density at radius 2 is 1.50 bits per heavy atom. The lowest BCUT2D eigenvalue weighted by molar-refractivity contribution is -0.140. The van der Waals surface area contributed by atoms with Gasteiger partial charge in [-0.2, -0.15) is 0 Å². The van der Waals surface area contributed by atoms with Crippen LogP contribution in [-0.4, -0.2) is 47.1 Å². The molecule has 2 amide bonds. The van der Waals surface area contributed by atoms with Gasteiger partial charge in [-0.25, -0.2) is 4.79 Å². The summed E-state index contributed by atoms with van der Waals surface area (Å²) in [5.41, 5.74) is 0.536. The summed E-state index contributed by atoms with van der Waals surface area (Å²) >= 11 is 0. The molecule has 8 nitrogen and oxygen atoms in total. The molecule has 1 aromatic rings. The quantitative estimate of drug-likeness (QED) is 0.564. The first-order valence-corrected chi connectivity index (χ1v) is 6.42. The highest BCUT2D eigenvalue weighted by Gasteiger charge is 2.21. The van der Waals surface area contributed by atoms with E-state index in [-0.39, 0.29) is 24.3 Å². The molecule has 1 aromatic carbocycles. The number of nitrogens with one attached hydrogen (secondary N) is 2. The zero-order chi connectivity index (χ0) is 16.7. The van der Waals surface area contributed by atoms with Gasteiger partial charge in [0, 0.05) is 24.6 Å². The number of amides is 2. The Balaban J connectivity index is 2.75. The highest BCUT2D eigenvalue weighted by atomic mass is 16.4. The molecular formula is C14H16N2O6. The fraction of sp³-hybridized carbons (Fsp3) is 0.286. The summed E-state index contributed by atoms with van der Waals surface area (Å²) in [4.78, 5) is 44.8. The maximum atomic E-state index is 11.9. The molecular weight excluding hydrogens is 292 g/mol. The van der Waals surface area contributed by atoms with Crippen molar-refractivity contribution < 1.29 is 29.4 Å². The maximum absolute atomic E-state index is 11.9. The van der Waals surface area contributed by atoms with E-state index in [9.17, 15) is 19.2 Å². The number of carbonyl (C=O) groups is 4. The number of carbonyl (C=O) groups excluding carboxylic acids is 2. The van der Waals surface area contributed by atoms with Crippen LogP contribution in [0.5, 0.6) is 0 Å². The molecule has 0 radical (unpaired) electrons. The monoisotopic (exact) mass is 308 g/mol. The molecule has 22 heavy (non-hydrogen) atoms. The lowest BCUT2D eigenvalue weighted by Crippen LogP contribution is -2.41. The van der Waals surface area contributed by atoms with Gasteiger partial charge in [0.1, 0.15) is 6.04 Å². The van der Waals surface area contributed by atoms with Crippen LogP contribution in [0.25, 0.3) is 0 Å². The average molecular weight is 308 g/mol. The zero-order valence-electron chi connectivity index (χ0n) is 11.8. The third kappa shape index (κ3) is 4.89. The van der Waals surface area contributed by atoms with Gasteiger partial charge in [-0.1, -0.05) is 0 Å². The van der Waals surface area contributed by atoms with Gasteiger partial charge in [-0.3, -0.25) is 14.4 Å². The first-order chi connectivity index (χ1) is 10.3. The van der Waals surface area contributed by atoms with Crippen LogP contribution >= 0.6 is 0 Å². The van der Waals surface area contributed by atoms with Crippen LogP contribution in [0, 0.1) is 0 Å². The highest BCUT2D eigenvalue weighted by Crippen LogP contribution is 2.06. The number of carboxylic acids is 2. The lowest BCUT2D eigenvalue weighted by atomic mass is 10.1. The Kier molecular flexibility index (Phi) is 6.06. The van der Waals surface area contributed by atoms with Crippen molar-refractivity contribution in [3.05, 3.63) is 35.4 Å². The molecule has 0 bridgehead atoms. The Morgan fingerprint density at radius 1 is 1.00 bits per heavy atom. The van der Waals surface area contributed by atoms with E-state index in [1.807, 2.05) is 0 Å². The van der Waals surface area contributed by atoms with Crippen LogP contribution in [-0.2, 0) is 9.59 Å². The van der Waals surface area contributed by atoms with Gasteiger partial charge in [0.25, 0.3) is 11.8 Å². The average Bonchev–Trinajstić information content (AvgIpc) is 2.50. The molecule has 0 aliphatic rings. The first-order valence-electron chi connectivity index (χ1n) is 6.42. The number of aliphatic carboxylic acids is 2. The van der Waals surface area contributed by atoms with Crippen LogP contribution in [0.1, 0.15) is 33.6 Å². The summed E-state index contributed by atoms with van der Waals surface area (Å²) in [7, 11) is 1.48. The van der Waals surface area contributed by atoms with Crippen LogP contribution in [0.15, 0.2) is 24.3 Å². The van der Waals surface area contributed by atoms with E-state index in [1.165, 1.54) is 31.3 Å². The van der Waals surface area contributed by atoms with Gasteiger partial charge in [-0.05, 0) is 30.7 Å². The summed E-state index contributed by atoms with van der Waals surface area (Å²) in [6, 6.07) is 4.34. The molecule has 118 valence electrons. The molecule has 0 aliphatic heterocycles. The minimum Gasteiger partial charge on any atom is -0.481 e. The summed E-state index contributed by atoms with van der Waals surface area (Å²) in [6.07, 6.45) is -0.584. The van der Waals surface area contributed by atoms with Crippen molar-refractivity contribution in [3.8, 4) is 0 Å². The molecule has 0 fully saturated rings. The van der Waals surface area contributed by atoms with Gasteiger partial charge in [0.2, 0.25) is 0 Å². The van der Waals surface area contributed by atoms with Gasteiger partial charge in [0.05, 0.1) is 0 Å². The van der Waals surface area contributed by atoms with E-state index in [2.05, 4.69) is 10.6 Å². The molecule has 1 rings (SSSR count). The van der Waals surface area contributed by atoms with E-state index in [0.29, 0.717) is 5.56 Å². The van der Waals surface area contributed by atoms with Gasteiger partial charge in [0.15, 0.2) is 0 Å². The van der Waals surface area contributed by atoms with Crippen molar-refractivity contribution >= 4 is 23.8 Å². The van der Waals surface area contributed by atoms with Crippen LogP contribution in [0.4, 0.5) is 0 Å². The molecule has 0 spiro atoms. The van der Waals surface area contributed by atoms with E-state index >= 15 is 0 Å². The maximum Gasteiger partial charge on any atom is 0.326 e. The molecule has 4 N–H and O–H groups in total. The molecule has 0 aliphatic carbocycles. The third-order valence-corrected chi connectivity index (χ3v) is 2.89. The third-order valence-electron chi connectivity index (χ3n) is 2.89. The Labute approximate surface area is 126 Å². The van der Waals surface area contributed by atoms with Crippen molar-refractivity contribution in [2.24, 2.45) is 0 Å². The van der Waals surface area contributed by atoms with E-state index in [4.69, 9.17) is 10.2 Å². The SMILES string of the molecule is CNC(=O)c1ccc(C(=O)N[C@@H](CCC(=O)O)C(=O)O)cc1. The number of hydrogen-bond donors (Lipinski definition) is 4. The topological polar surface area (TPSA) is 133 Å². The second-order valence-corrected chi connectivity index (χ2v) is 4.45. The Bertz CT molecular complexity index is 582. The van der Waals surface area contributed by atoms with Crippen LogP contribution in [0.2, 0.25) is 0 Å². The molecule has 0 heterocycles. The van der Waals surface area contributed by atoms with E-state index in [0.717, 1.165) is 0 Å². The van der Waals surface area contributed by atoms with Gasteiger partial charge >= 0.3 is 11.9 Å². The normalized spacial score (nSPS) is 11.3. The minimum absolute atomic E-state index is 0.175. The Hall–Kier alpha value is -2.90. The second-order valence-electron chi connectivity index (χ2n) is 4.45. The fourth-order valence-electron chi connectivity index (χ4n) is 1.68. The second kappa shape index (κ2) is 7.77. The first kappa shape index (κ1) is 17.2. The number of hydrogen-bond acceptors (Lipinski definition) is 4. The molecule has 1 atom stereocenters. The summed E-state index contributed by atoms with van der Waals surface area (Å²) in [5.74, 6) is -3.41. The predicted molar refractivity (Wildman–Crippen MR) is 75.6 cm³/mol. The van der Waals surface area contributed by atoms with Crippen molar-refractivity contribution in [3.63, 3.8) is 0 Å².